The third-order valence-electron chi connectivity index (χ3n) is 5.44. The number of carbonyl (C=O) groups excluding carboxylic acids is 3. The number of hydrogen-bond acceptors (Lipinski definition) is 4. The van der Waals surface area contributed by atoms with Crippen LogP contribution in [0, 0.1) is 20.8 Å². The summed E-state index contributed by atoms with van der Waals surface area (Å²) in [5.74, 6) is -0.803. The van der Waals surface area contributed by atoms with Gasteiger partial charge in [0, 0.05) is 6.04 Å². The van der Waals surface area contributed by atoms with Gasteiger partial charge in [-0.25, -0.2) is 4.79 Å². The minimum atomic E-state index is -0.945. The summed E-state index contributed by atoms with van der Waals surface area (Å²) in [6.07, 6.45) is -0.700. The lowest BCUT2D eigenvalue weighted by molar-refractivity contribution is -0.140. The van der Waals surface area contributed by atoms with Gasteiger partial charge in [-0.2, -0.15) is 0 Å². The lowest BCUT2D eigenvalue weighted by atomic mass is 9.93. The third-order valence-corrected chi connectivity index (χ3v) is 5.75. The van der Waals surface area contributed by atoms with Gasteiger partial charge in [-0.05, 0) is 83.7 Å². The number of nitrogens with zero attached hydrogens (tertiary/aromatic N) is 1. The fraction of sp³-hybridized carbons (Fsp3) is 0.444. The molecule has 0 aliphatic heterocycles. The fourth-order valence-electron chi connectivity index (χ4n) is 3.92. The van der Waals surface area contributed by atoms with Crippen molar-refractivity contribution in [1.29, 1.82) is 0 Å². The van der Waals surface area contributed by atoms with E-state index in [1.54, 1.807) is 26.8 Å². The Morgan fingerprint density at radius 3 is 2.03 bits per heavy atom. The zero-order chi connectivity index (χ0) is 26.5. The summed E-state index contributed by atoms with van der Waals surface area (Å²) < 4.78 is 5.25. The molecule has 0 radical (unpaired) electrons. The summed E-state index contributed by atoms with van der Waals surface area (Å²) >= 11 is 6.37. The summed E-state index contributed by atoms with van der Waals surface area (Å²) in [6, 6.07) is 9.80. The number of carbonyl (C=O) groups is 3. The number of benzene rings is 2. The molecule has 7 nitrogen and oxygen atoms in total. The molecule has 0 heterocycles. The Bertz CT molecular complexity index is 1050. The van der Waals surface area contributed by atoms with E-state index in [9.17, 15) is 14.4 Å². The molecule has 2 N–H and O–H groups in total. The molecular weight excluding hydrogens is 466 g/mol. The number of rotatable bonds is 7. The second-order valence-electron chi connectivity index (χ2n) is 9.88. The van der Waals surface area contributed by atoms with Crippen molar-refractivity contribution in [3.05, 3.63) is 63.7 Å². The van der Waals surface area contributed by atoms with E-state index in [0.29, 0.717) is 10.7 Å². The molecule has 0 fully saturated rings. The van der Waals surface area contributed by atoms with Crippen LogP contribution in [-0.2, 0) is 14.3 Å². The highest BCUT2D eigenvalue weighted by Crippen LogP contribution is 2.32. The van der Waals surface area contributed by atoms with Crippen molar-refractivity contribution in [1.82, 2.24) is 10.2 Å². The Hall–Kier alpha value is -3.06. The number of ether oxygens (including phenoxy) is 1. The van der Waals surface area contributed by atoms with Gasteiger partial charge in [0.15, 0.2) is 0 Å². The molecule has 2 aromatic rings. The molecule has 8 heteroatoms. The van der Waals surface area contributed by atoms with Crippen molar-refractivity contribution in [2.75, 3.05) is 11.9 Å². The van der Waals surface area contributed by atoms with Crippen LogP contribution in [0.25, 0.3) is 0 Å². The molecule has 35 heavy (non-hydrogen) atoms. The van der Waals surface area contributed by atoms with Gasteiger partial charge >= 0.3 is 6.09 Å². The number of alkyl carbamates (subject to hydrolysis) is 1. The highest BCUT2D eigenvalue weighted by molar-refractivity contribution is 6.34. The molecule has 3 amide bonds. The molecule has 0 aliphatic carbocycles. The molecule has 1 atom stereocenters. The normalized spacial score (nSPS) is 12.2. The monoisotopic (exact) mass is 501 g/mol. The fourth-order valence-corrected chi connectivity index (χ4v) is 4.19. The van der Waals surface area contributed by atoms with E-state index >= 15 is 0 Å². The van der Waals surface area contributed by atoms with E-state index in [0.717, 1.165) is 22.3 Å². The van der Waals surface area contributed by atoms with E-state index < -0.39 is 29.6 Å². The number of halogens is 1. The van der Waals surface area contributed by atoms with Gasteiger partial charge in [-0.15, -0.1) is 0 Å². The van der Waals surface area contributed by atoms with E-state index in [4.69, 9.17) is 16.3 Å². The predicted octanol–water partition coefficient (Wildman–Crippen LogP) is 5.71. The van der Waals surface area contributed by atoms with Crippen molar-refractivity contribution in [3.8, 4) is 0 Å². The molecule has 190 valence electrons. The Kier molecular flexibility index (Phi) is 9.32. The van der Waals surface area contributed by atoms with E-state index in [2.05, 4.69) is 10.6 Å². The zero-order valence-corrected chi connectivity index (χ0v) is 22.5. The van der Waals surface area contributed by atoms with E-state index in [1.165, 1.54) is 4.90 Å². The summed E-state index contributed by atoms with van der Waals surface area (Å²) in [7, 11) is 0. The van der Waals surface area contributed by atoms with E-state index in [-0.39, 0.29) is 12.6 Å². The van der Waals surface area contributed by atoms with E-state index in [1.807, 2.05) is 65.0 Å². The van der Waals surface area contributed by atoms with Crippen LogP contribution in [-0.4, -0.2) is 41.0 Å². The first-order valence-electron chi connectivity index (χ1n) is 11.6. The summed E-state index contributed by atoms with van der Waals surface area (Å²) in [4.78, 5) is 40.9. The van der Waals surface area contributed by atoms with Crippen LogP contribution in [0.1, 0.15) is 62.9 Å². The standard InChI is InChI=1S/C27H36ClN3O4/c1-16(2)31(21(32)15-29-26(34)35-27(6,7)8)24(22-17(3)11-9-12-18(22)4)25(33)30-23-19(5)13-10-14-20(23)28/h9-14,16,24H,15H2,1-8H3,(H,29,34)(H,30,33). The zero-order valence-electron chi connectivity index (χ0n) is 21.8. The number of amides is 3. The van der Waals surface area contributed by atoms with Crippen molar-refractivity contribution in [2.45, 2.75) is 73.1 Å². The SMILES string of the molecule is Cc1cccc(Cl)c1NC(=O)C(c1c(C)cccc1C)N(C(=O)CNC(=O)OC(C)(C)C)C(C)C. The van der Waals surface area contributed by atoms with Crippen LogP contribution in [0.3, 0.4) is 0 Å². The van der Waals surface area contributed by atoms with Crippen LogP contribution in [0.5, 0.6) is 0 Å². The maximum atomic E-state index is 13.8. The highest BCUT2D eigenvalue weighted by atomic mass is 35.5. The average Bonchev–Trinajstić information content (AvgIpc) is 2.72. The Balaban J connectivity index is 2.47. The van der Waals surface area contributed by atoms with Crippen molar-refractivity contribution in [2.24, 2.45) is 0 Å². The molecule has 1 unspecified atom stereocenters. The Morgan fingerprint density at radius 1 is 0.971 bits per heavy atom. The van der Waals surface area contributed by atoms with Crippen LogP contribution in [0.2, 0.25) is 5.02 Å². The summed E-state index contributed by atoms with van der Waals surface area (Å²) in [6.45, 7) is 14.3. The Morgan fingerprint density at radius 2 is 1.51 bits per heavy atom. The molecular formula is C27H36ClN3O4. The van der Waals surface area contributed by atoms with Crippen LogP contribution in [0.15, 0.2) is 36.4 Å². The first kappa shape index (κ1) is 28.2. The Labute approximate surface area is 213 Å². The van der Waals surface area contributed by atoms with Gasteiger partial charge in [0.2, 0.25) is 5.91 Å². The molecule has 0 aliphatic rings. The maximum Gasteiger partial charge on any atom is 0.408 e. The molecule has 2 rings (SSSR count). The number of anilines is 1. The van der Waals surface area contributed by atoms with Gasteiger partial charge < -0.3 is 20.3 Å². The molecule has 0 saturated carbocycles. The number of para-hydroxylation sites is 1. The van der Waals surface area contributed by atoms with Gasteiger partial charge in [-0.1, -0.05) is 41.9 Å². The smallest absolute Gasteiger partial charge is 0.408 e. The van der Waals surface area contributed by atoms with Crippen LogP contribution >= 0.6 is 11.6 Å². The summed E-state index contributed by atoms with van der Waals surface area (Å²) in [5, 5.41) is 5.86. The van der Waals surface area contributed by atoms with Gasteiger partial charge in [0.05, 0.1) is 10.7 Å². The molecule has 0 bridgehead atoms. The molecule has 2 aromatic carbocycles. The van der Waals surface area contributed by atoms with Gasteiger partial charge in [0.1, 0.15) is 18.2 Å². The number of nitrogens with one attached hydrogen (secondary N) is 2. The van der Waals surface area contributed by atoms with Crippen LogP contribution < -0.4 is 10.6 Å². The minimum absolute atomic E-state index is 0.313. The first-order valence-corrected chi connectivity index (χ1v) is 12.0. The number of hydrogen-bond donors (Lipinski definition) is 2. The summed E-state index contributed by atoms with van der Waals surface area (Å²) in [5.41, 5.74) is 3.09. The molecule has 0 spiro atoms. The first-order chi connectivity index (χ1) is 16.2. The van der Waals surface area contributed by atoms with Gasteiger partial charge in [0.25, 0.3) is 5.91 Å². The maximum absolute atomic E-state index is 13.8. The van der Waals surface area contributed by atoms with Crippen LogP contribution in [0.4, 0.5) is 10.5 Å². The largest absolute Gasteiger partial charge is 0.444 e. The quantitative estimate of drug-likeness (QED) is 0.509. The minimum Gasteiger partial charge on any atom is -0.444 e. The second kappa shape index (κ2) is 11.6. The van der Waals surface area contributed by atoms with Crippen molar-refractivity contribution in [3.63, 3.8) is 0 Å². The highest BCUT2D eigenvalue weighted by Gasteiger charge is 2.35. The topological polar surface area (TPSA) is 87.7 Å². The predicted molar refractivity (Wildman–Crippen MR) is 140 cm³/mol. The lowest BCUT2D eigenvalue weighted by Gasteiger charge is -2.36. The third kappa shape index (κ3) is 7.46. The molecule has 0 saturated heterocycles. The second-order valence-corrected chi connectivity index (χ2v) is 10.3. The number of aryl methyl sites for hydroxylation is 3. The average molecular weight is 502 g/mol. The lowest BCUT2D eigenvalue weighted by Crippen LogP contribution is -2.49. The van der Waals surface area contributed by atoms with Crippen molar-refractivity contribution >= 4 is 35.2 Å². The van der Waals surface area contributed by atoms with Gasteiger partial charge in [-0.3, -0.25) is 9.59 Å². The molecule has 0 aromatic heterocycles. The van der Waals surface area contributed by atoms with Crippen molar-refractivity contribution < 1.29 is 19.1 Å².